The standard InChI is InChI=1S/C15H22ClNO2S/c1-3-9-17-15(2,14(18)19)8-10-20-11-12-4-6-13(16)7-5-12/h4-7,17H,3,8-11H2,1-2H3,(H,18,19). The Hall–Kier alpha value is -0.710. The molecular formula is C15H22ClNO2S. The smallest absolute Gasteiger partial charge is 0.323 e. The van der Waals surface area contributed by atoms with Crippen molar-refractivity contribution in [1.29, 1.82) is 0 Å². The van der Waals surface area contributed by atoms with Gasteiger partial charge in [0.25, 0.3) is 0 Å². The lowest BCUT2D eigenvalue weighted by Gasteiger charge is -2.26. The van der Waals surface area contributed by atoms with Crippen molar-refractivity contribution < 1.29 is 9.90 Å². The molecule has 2 N–H and O–H groups in total. The van der Waals surface area contributed by atoms with Crippen LogP contribution in [0.4, 0.5) is 0 Å². The number of aliphatic carboxylic acids is 1. The summed E-state index contributed by atoms with van der Waals surface area (Å²) in [6.45, 7) is 4.52. The number of benzene rings is 1. The highest BCUT2D eigenvalue weighted by Gasteiger charge is 2.31. The second kappa shape index (κ2) is 8.55. The summed E-state index contributed by atoms with van der Waals surface area (Å²) in [5.74, 6) is 0.904. The van der Waals surface area contributed by atoms with Gasteiger partial charge in [0.1, 0.15) is 5.54 Å². The summed E-state index contributed by atoms with van der Waals surface area (Å²) in [7, 11) is 0. The number of nitrogens with one attached hydrogen (secondary N) is 1. The van der Waals surface area contributed by atoms with Gasteiger partial charge in [-0.05, 0) is 49.8 Å². The minimum atomic E-state index is -0.830. The molecule has 0 saturated carbocycles. The number of hydrogen-bond acceptors (Lipinski definition) is 3. The van der Waals surface area contributed by atoms with Gasteiger partial charge in [-0.3, -0.25) is 4.79 Å². The van der Waals surface area contributed by atoms with Gasteiger partial charge in [-0.2, -0.15) is 11.8 Å². The lowest BCUT2D eigenvalue weighted by atomic mass is 9.99. The Balaban J connectivity index is 2.37. The van der Waals surface area contributed by atoms with Crippen LogP contribution in [0.25, 0.3) is 0 Å². The topological polar surface area (TPSA) is 49.3 Å². The molecule has 0 aliphatic carbocycles. The molecule has 0 aliphatic heterocycles. The Morgan fingerprint density at radius 1 is 1.40 bits per heavy atom. The summed E-state index contributed by atoms with van der Waals surface area (Å²) in [5.41, 5.74) is 0.376. The molecule has 0 aromatic heterocycles. The second-order valence-electron chi connectivity index (χ2n) is 4.99. The maximum atomic E-state index is 11.3. The number of thioether (sulfide) groups is 1. The van der Waals surface area contributed by atoms with Crippen molar-refractivity contribution in [2.24, 2.45) is 0 Å². The van der Waals surface area contributed by atoms with E-state index in [2.05, 4.69) is 5.32 Å². The number of carboxylic acid groups (broad SMARTS) is 1. The fourth-order valence-corrected chi connectivity index (χ4v) is 2.97. The average molecular weight is 316 g/mol. The van der Waals surface area contributed by atoms with Crippen LogP contribution < -0.4 is 5.32 Å². The molecule has 0 spiro atoms. The van der Waals surface area contributed by atoms with Gasteiger partial charge in [-0.25, -0.2) is 0 Å². The van der Waals surface area contributed by atoms with Crippen LogP contribution in [0.15, 0.2) is 24.3 Å². The molecule has 5 heteroatoms. The number of rotatable bonds is 9. The lowest BCUT2D eigenvalue weighted by Crippen LogP contribution is -2.50. The highest BCUT2D eigenvalue weighted by atomic mass is 35.5. The van der Waals surface area contributed by atoms with Gasteiger partial charge in [0, 0.05) is 10.8 Å². The van der Waals surface area contributed by atoms with Crippen LogP contribution in [-0.2, 0) is 10.5 Å². The molecule has 0 fully saturated rings. The Morgan fingerprint density at radius 2 is 2.05 bits per heavy atom. The highest BCUT2D eigenvalue weighted by molar-refractivity contribution is 7.98. The molecule has 1 rings (SSSR count). The first-order valence-corrected chi connectivity index (χ1v) is 8.32. The van der Waals surface area contributed by atoms with Crippen LogP contribution in [-0.4, -0.2) is 28.9 Å². The summed E-state index contributed by atoms with van der Waals surface area (Å²) >= 11 is 7.58. The first-order valence-electron chi connectivity index (χ1n) is 6.78. The van der Waals surface area contributed by atoms with E-state index in [4.69, 9.17) is 11.6 Å². The van der Waals surface area contributed by atoms with E-state index in [1.54, 1.807) is 18.7 Å². The zero-order valence-corrected chi connectivity index (χ0v) is 13.6. The van der Waals surface area contributed by atoms with Gasteiger partial charge in [0.15, 0.2) is 0 Å². The number of hydrogen-bond donors (Lipinski definition) is 2. The maximum Gasteiger partial charge on any atom is 0.323 e. The molecule has 1 aromatic rings. The van der Waals surface area contributed by atoms with E-state index in [-0.39, 0.29) is 0 Å². The van der Waals surface area contributed by atoms with Gasteiger partial charge in [-0.1, -0.05) is 30.7 Å². The van der Waals surface area contributed by atoms with Crippen molar-refractivity contribution in [3.63, 3.8) is 0 Å². The van der Waals surface area contributed by atoms with Crippen molar-refractivity contribution >= 4 is 29.3 Å². The van der Waals surface area contributed by atoms with Crippen molar-refractivity contribution in [3.05, 3.63) is 34.9 Å². The van der Waals surface area contributed by atoms with Gasteiger partial charge in [0.2, 0.25) is 0 Å². The van der Waals surface area contributed by atoms with Crippen LogP contribution in [0, 0.1) is 0 Å². The summed E-state index contributed by atoms with van der Waals surface area (Å²) in [6.07, 6.45) is 1.54. The SMILES string of the molecule is CCCNC(C)(CCSCc1ccc(Cl)cc1)C(=O)O. The largest absolute Gasteiger partial charge is 0.480 e. The fourth-order valence-electron chi connectivity index (χ4n) is 1.72. The minimum absolute atomic E-state index is 0.612. The molecule has 0 aliphatic rings. The molecule has 0 amide bonds. The number of halogens is 1. The summed E-state index contributed by atoms with van der Waals surface area (Å²) < 4.78 is 0. The van der Waals surface area contributed by atoms with Crippen LogP contribution in [0.1, 0.15) is 32.3 Å². The molecule has 20 heavy (non-hydrogen) atoms. The van der Waals surface area contributed by atoms with E-state index < -0.39 is 11.5 Å². The average Bonchev–Trinajstić information content (AvgIpc) is 2.43. The second-order valence-corrected chi connectivity index (χ2v) is 6.53. The zero-order chi connectivity index (χ0) is 15.0. The predicted octanol–water partition coefficient (Wildman–Crippen LogP) is 3.81. The Kier molecular flexibility index (Phi) is 7.41. The molecule has 1 atom stereocenters. The van der Waals surface area contributed by atoms with Crippen molar-refractivity contribution in [3.8, 4) is 0 Å². The minimum Gasteiger partial charge on any atom is -0.480 e. The van der Waals surface area contributed by atoms with Gasteiger partial charge in [0.05, 0.1) is 0 Å². The van der Waals surface area contributed by atoms with Crippen LogP contribution in [0.3, 0.4) is 0 Å². The maximum absolute atomic E-state index is 11.3. The third-order valence-corrected chi connectivity index (χ3v) is 4.45. The van der Waals surface area contributed by atoms with Crippen LogP contribution >= 0.6 is 23.4 Å². The highest BCUT2D eigenvalue weighted by Crippen LogP contribution is 2.19. The van der Waals surface area contributed by atoms with Gasteiger partial charge in [-0.15, -0.1) is 0 Å². The molecule has 3 nitrogen and oxygen atoms in total. The first kappa shape index (κ1) is 17.3. The molecular weight excluding hydrogens is 294 g/mol. The van der Waals surface area contributed by atoms with Crippen molar-refractivity contribution in [2.45, 2.75) is 38.0 Å². The van der Waals surface area contributed by atoms with E-state index in [0.29, 0.717) is 6.42 Å². The number of carboxylic acids is 1. The molecule has 0 saturated heterocycles. The van der Waals surface area contributed by atoms with Gasteiger partial charge < -0.3 is 10.4 Å². The van der Waals surface area contributed by atoms with Gasteiger partial charge >= 0.3 is 5.97 Å². The first-order chi connectivity index (χ1) is 9.48. The fraction of sp³-hybridized carbons (Fsp3) is 0.533. The van der Waals surface area contributed by atoms with E-state index >= 15 is 0 Å². The molecule has 0 radical (unpaired) electrons. The quantitative estimate of drug-likeness (QED) is 0.680. The van der Waals surface area contributed by atoms with E-state index in [1.165, 1.54) is 5.56 Å². The summed E-state index contributed by atoms with van der Waals surface area (Å²) in [6, 6.07) is 7.76. The van der Waals surface area contributed by atoms with E-state index in [1.807, 2.05) is 31.2 Å². The monoisotopic (exact) mass is 315 g/mol. The van der Waals surface area contributed by atoms with E-state index in [9.17, 15) is 9.90 Å². The normalized spacial score (nSPS) is 13.9. The molecule has 112 valence electrons. The molecule has 1 aromatic carbocycles. The third kappa shape index (κ3) is 5.73. The summed E-state index contributed by atoms with van der Waals surface area (Å²) in [4.78, 5) is 11.3. The zero-order valence-electron chi connectivity index (χ0n) is 12.0. The third-order valence-electron chi connectivity index (χ3n) is 3.17. The number of carbonyl (C=O) groups is 1. The Morgan fingerprint density at radius 3 is 2.60 bits per heavy atom. The Labute approximate surface area is 130 Å². The van der Waals surface area contributed by atoms with Crippen molar-refractivity contribution in [2.75, 3.05) is 12.3 Å². The molecule has 0 heterocycles. The molecule has 0 bridgehead atoms. The van der Waals surface area contributed by atoms with E-state index in [0.717, 1.165) is 29.5 Å². The van der Waals surface area contributed by atoms with Crippen molar-refractivity contribution in [1.82, 2.24) is 5.32 Å². The predicted molar refractivity (Wildman–Crippen MR) is 86.6 cm³/mol. The molecule has 1 unspecified atom stereocenters. The van der Waals surface area contributed by atoms with Crippen LogP contribution in [0.5, 0.6) is 0 Å². The lowest BCUT2D eigenvalue weighted by molar-refractivity contribution is -0.144. The van der Waals surface area contributed by atoms with Crippen LogP contribution in [0.2, 0.25) is 5.02 Å². The Bertz CT molecular complexity index is 424. The summed E-state index contributed by atoms with van der Waals surface area (Å²) in [5, 5.41) is 13.2.